The number of aliphatic carboxylic acids is 1. The Morgan fingerprint density at radius 3 is 2.14 bits per heavy atom. The van der Waals surface area contributed by atoms with E-state index in [2.05, 4.69) is 14.7 Å². The number of aromatic nitrogens is 2. The number of carboxylic acid groups (broad SMARTS) is 1. The van der Waals surface area contributed by atoms with Crippen molar-refractivity contribution >= 4 is 43.0 Å². The van der Waals surface area contributed by atoms with E-state index in [4.69, 9.17) is 9.90 Å². The Labute approximate surface area is 277 Å². The molecule has 1 fully saturated rings. The number of nitrogens with zero attached hydrogens (tertiary/aromatic N) is 1. The summed E-state index contributed by atoms with van der Waals surface area (Å²) in [5.41, 5.74) is 3.85. The van der Waals surface area contributed by atoms with E-state index in [1.54, 1.807) is 36.4 Å². The molecule has 1 aromatic heterocycles. The lowest BCUT2D eigenvalue weighted by Gasteiger charge is -2.18. The molecule has 1 unspecified atom stereocenters. The first-order chi connectivity index (χ1) is 23.0. The molecule has 1 saturated heterocycles. The highest BCUT2D eigenvalue weighted by molar-refractivity contribution is 7.90. The second-order valence-corrected chi connectivity index (χ2v) is 14.4. The van der Waals surface area contributed by atoms with Gasteiger partial charge in [0.25, 0.3) is 0 Å². The fraction of sp³-hybridized carbons (Fsp3) is 0.156. The van der Waals surface area contributed by atoms with Crippen molar-refractivity contribution in [3.8, 4) is 11.1 Å². The lowest BCUT2D eigenvalue weighted by atomic mass is 10.0. The number of rotatable bonds is 8. The van der Waals surface area contributed by atoms with Gasteiger partial charge in [-0.25, -0.2) is 35.7 Å². The average molecular weight is 719 g/mol. The lowest BCUT2D eigenvalue weighted by molar-refractivity contribution is -0.192. The number of hydrogen-bond donors (Lipinski definition) is 4. The summed E-state index contributed by atoms with van der Waals surface area (Å²) in [7, 11) is -7.82. The van der Waals surface area contributed by atoms with Crippen molar-refractivity contribution in [3.63, 3.8) is 0 Å². The SMILES string of the molecule is O=C(O)C(F)(F)F.O=C1CC(c2ccc(C[C@H](NS(=O)(=O)c3ccc(-c4ccccc4)cc3)c3nc4ccc(F)cc4[nH]3)cc2)S(=O)(=O)N1. The molecule has 256 valence electrons. The van der Waals surface area contributed by atoms with Crippen LogP contribution in [0, 0.1) is 5.82 Å². The number of amides is 1. The van der Waals surface area contributed by atoms with E-state index >= 15 is 0 Å². The molecule has 0 radical (unpaired) electrons. The van der Waals surface area contributed by atoms with Crippen LogP contribution in [0.25, 0.3) is 22.2 Å². The first kappa shape index (κ1) is 35.2. The third-order valence-corrected chi connectivity index (χ3v) is 10.6. The van der Waals surface area contributed by atoms with Crippen molar-refractivity contribution in [2.75, 3.05) is 0 Å². The first-order valence-corrected chi connectivity index (χ1v) is 17.3. The van der Waals surface area contributed by atoms with Crippen molar-refractivity contribution in [2.24, 2.45) is 0 Å². The molecule has 0 saturated carbocycles. The van der Waals surface area contributed by atoms with Crippen molar-refractivity contribution in [3.05, 3.63) is 120 Å². The Balaban J connectivity index is 0.000000606. The van der Waals surface area contributed by atoms with Crippen LogP contribution in [0.4, 0.5) is 17.6 Å². The number of alkyl halides is 3. The zero-order valence-electron chi connectivity index (χ0n) is 25.0. The maximum absolute atomic E-state index is 13.9. The quantitative estimate of drug-likeness (QED) is 0.159. The van der Waals surface area contributed by atoms with E-state index in [-0.39, 0.29) is 23.6 Å². The largest absolute Gasteiger partial charge is 0.490 e. The third-order valence-electron chi connectivity index (χ3n) is 7.40. The summed E-state index contributed by atoms with van der Waals surface area (Å²) in [5.74, 6) is -3.49. The van der Waals surface area contributed by atoms with Crippen LogP contribution >= 0.6 is 0 Å². The summed E-state index contributed by atoms with van der Waals surface area (Å²) in [5, 5.41) is 6.14. The molecule has 4 aromatic carbocycles. The average Bonchev–Trinajstić information content (AvgIpc) is 3.59. The third kappa shape index (κ3) is 8.48. The van der Waals surface area contributed by atoms with Crippen LogP contribution in [0.3, 0.4) is 0 Å². The zero-order chi connectivity index (χ0) is 35.6. The number of hydrogen-bond acceptors (Lipinski definition) is 7. The highest BCUT2D eigenvalue weighted by Gasteiger charge is 2.39. The Morgan fingerprint density at radius 1 is 0.959 bits per heavy atom. The number of sulfonamides is 2. The number of carbonyl (C=O) groups excluding carboxylic acids is 1. The smallest absolute Gasteiger partial charge is 0.475 e. The predicted octanol–water partition coefficient (Wildman–Crippen LogP) is 5.16. The lowest BCUT2D eigenvalue weighted by Crippen LogP contribution is -2.31. The zero-order valence-corrected chi connectivity index (χ0v) is 26.6. The molecule has 0 spiro atoms. The van der Waals surface area contributed by atoms with Gasteiger partial charge in [-0.15, -0.1) is 0 Å². The summed E-state index contributed by atoms with van der Waals surface area (Å²) in [6.07, 6.45) is -5.10. The van der Waals surface area contributed by atoms with Crippen LogP contribution in [0.5, 0.6) is 0 Å². The number of aromatic amines is 1. The number of halogens is 4. The van der Waals surface area contributed by atoms with Gasteiger partial charge in [0.2, 0.25) is 26.0 Å². The van der Waals surface area contributed by atoms with Gasteiger partial charge in [-0.05, 0) is 59.0 Å². The Bertz CT molecular complexity index is 2210. The highest BCUT2D eigenvalue weighted by Crippen LogP contribution is 2.31. The van der Waals surface area contributed by atoms with Crippen LogP contribution in [0.1, 0.15) is 34.7 Å². The van der Waals surface area contributed by atoms with Gasteiger partial charge in [0.1, 0.15) is 16.9 Å². The Kier molecular flexibility index (Phi) is 9.89. The molecular weight excluding hydrogens is 692 g/mol. The van der Waals surface area contributed by atoms with Gasteiger partial charge in [-0.3, -0.25) is 9.52 Å². The minimum absolute atomic E-state index is 0.0632. The van der Waals surface area contributed by atoms with Crippen LogP contribution in [-0.4, -0.2) is 50.0 Å². The van der Waals surface area contributed by atoms with Gasteiger partial charge in [-0.1, -0.05) is 66.7 Å². The fourth-order valence-corrected chi connectivity index (χ4v) is 7.65. The van der Waals surface area contributed by atoms with Crippen LogP contribution < -0.4 is 9.44 Å². The normalized spacial score (nSPS) is 16.4. The van der Waals surface area contributed by atoms with Crippen molar-refractivity contribution in [2.45, 2.75) is 35.2 Å². The van der Waals surface area contributed by atoms with E-state index in [9.17, 15) is 39.2 Å². The standard InChI is InChI=1S/C30H25FN4O5S2.C2HF3O2/c31-23-12-15-25-26(17-23)33-30(32-25)27(16-19-6-8-22(9-7-19)28-18-29(36)35-42(28,39)40)34-41(37,38)24-13-10-21(11-14-24)20-4-2-1-3-5-20;3-2(4,5)1(6)7/h1-15,17,27-28,34H,16,18H2,(H,32,33)(H,35,36);(H,6,7)/t27-,28?;/m0./s1. The van der Waals surface area contributed by atoms with Gasteiger partial charge in [0.05, 0.1) is 28.4 Å². The number of carboxylic acids is 1. The van der Waals surface area contributed by atoms with E-state index in [1.807, 2.05) is 35.1 Å². The van der Waals surface area contributed by atoms with Crippen molar-refractivity contribution in [1.29, 1.82) is 0 Å². The molecule has 1 amide bonds. The highest BCUT2D eigenvalue weighted by atomic mass is 32.2. The molecule has 11 nitrogen and oxygen atoms in total. The number of fused-ring (bicyclic) bond motifs is 1. The minimum atomic E-state index is -5.08. The fourth-order valence-electron chi connectivity index (χ4n) is 5.02. The van der Waals surface area contributed by atoms with E-state index in [0.29, 0.717) is 22.2 Å². The van der Waals surface area contributed by atoms with Crippen LogP contribution in [0.15, 0.2) is 102 Å². The minimum Gasteiger partial charge on any atom is -0.475 e. The summed E-state index contributed by atoms with van der Waals surface area (Å²) < 4.78 is 102. The van der Waals surface area contributed by atoms with Gasteiger partial charge < -0.3 is 10.1 Å². The molecule has 1 aliphatic rings. The molecule has 2 atom stereocenters. The second-order valence-electron chi connectivity index (χ2n) is 10.9. The maximum Gasteiger partial charge on any atom is 0.490 e. The summed E-state index contributed by atoms with van der Waals surface area (Å²) in [6, 6.07) is 25.9. The van der Waals surface area contributed by atoms with Crippen molar-refractivity contribution < 1.29 is 49.1 Å². The summed E-state index contributed by atoms with van der Waals surface area (Å²) >= 11 is 0. The number of H-pyrrole nitrogens is 1. The van der Waals surface area contributed by atoms with Gasteiger partial charge in [-0.2, -0.15) is 13.2 Å². The van der Waals surface area contributed by atoms with Crippen molar-refractivity contribution in [1.82, 2.24) is 19.4 Å². The molecular formula is C32H26F4N4O7S2. The maximum atomic E-state index is 13.9. The van der Waals surface area contributed by atoms with Crippen LogP contribution in [-0.2, 0) is 36.1 Å². The molecule has 17 heteroatoms. The van der Waals surface area contributed by atoms with Gasteiger partial charge in [0.15, 0.2) is 0 Å². The number of benzene rings is 4. The Hall–Kier alpha value is -5.13. The van der Waals surface area contributed by atoms with Crippen LogP contribution in [0.2, 0.25) is 0 Å². The first-order valence-electron chi connectivity index (χ1n) is 14.3. The summed E-state index contributed by atoms with van der Waals surface area (Å²) in [6.45, 7) is 0. The van der Waals surface area contributed by atoms with Gasteiger partial charge >= 0.3 is 12.1 Å². The number of nitrogens with one attached hydrogen (secondary N) is 3. The molecule has 0 bridgehead atoms. The molecule has 0 aliphatic carbocycles. The van der Waals surface area contributed by atoms with E-state index in [0.717, 1.165) is 11.1 Å². The molecule has 49 heavy (non-hydrogen) atoms. The molecule has 1 aliphatic heterocycles. The number of carbonyl (C=O) groups is 2. The van der Waals surface area contributed by atoms with E-state index < -0.39 is 55.2 Å². The Morgan fingerprint density at radius 2 is 1.57 bits per heavy atom. The number of imidazole rings is 1. The monoisotopic (exact) mass is 718 g/mol. The second kappa shape index (κ2) is 13.8. The topological polar surface area (TPSA) is 175 Å². The van der Waals surface area contributed by atoms with E-state index in [1.165, 1.54) is 30.3 Å². The summed E-state index contributed by atoms with van der Waals surface area (Å²) in [4.78, 5) is 28.2. The molecule has 4 N–H and O–H groups in total. The van der Waals surface area contributed by atoms with Gasteiger partial charge in [0, 0.05) is 0 Å². The molecule has 6 rings (SSSR count). The predicted molar refractivity (Wildman–Crippen MR) is 169 cm³/mol. The molecule has 2 heterocycles. The molecule has 5 aromatic rings.